The van der Waals surface area contributed by atoms with Crippen molar-refractivity contribution < 1.29 is 65.3 Å². The summed E-state index contributed by atoms with van der Waals surface area (Å²) in [5.41, 5.74) is 5.70. The van der Waals surface area contributed by atoms with E-state index in [1.165, 1.54) is 72.8 Å². The molecule has 0 aliphatic carbocycles. The van der Waals surface area contributed by atoms with E-state index in [2.05, 4.69) is 0 Å². The summed E-state index contributed by atoms with van der Waals surface area (Å²) in [4.78, 5) is 0. The average molecular weight is 925 g/mol. The molecule has 1 saturated heterocycles. The lowest BCUT2D eigenvalue weighted by atomic mass is 9.70. The molecule has 0 bridgehead atoms. The SMILES string of the molecule is Oc1ccc([C@@H]2Oc3cc(O)cc([C@H]4[C@H](c5cc(O)cc(O)c5)[C@H](c5ccc(O)cc5)O[C@H]4c4ccc(O)cc4)c3[C@H]2c2cc(O)cc3c2[C@H](c2cc(O)cc(O)c2)[C@H](c2ccc(O)cc2)O3)cc1. The Hall–Kier alpha value is -8.68. The highest BCUT2D eigenvalue weighted by Crippen LogP contribution is 2.65. The van der Waals surface area contributed by atoms with Crippen LogP contribution in [-0.2, 0) is 4.74 Å². The van der Waals surface area contributed by atoms with E-state index in [1.807, 2.05) is 0 Å². The Labute approximate surface area is 394 Å². The summed E-state index contributed by atoms with van der Waals surface area (Å²) >= 11 is 0. The van der Waals surface area contributed by atoms with Gasteiger partial charge in [-0.2, -0.15) is 0 Å². The third-order valence-electron chi connectivity index (χ3n) is 13.6. The minimum absolute atomic E-state index is 0.00798. The Morgan fingerprint density at radius 1 is 0.261 bits per heavy atom. The van der Waals surface area contributed by atoms with E-state index in [0.29, 0.717) is 61.4 Å². The summed E-state index contributed by atoms with van der Waals surface area (Å²) in [5.74, 6) is -3.64. The minimum atomic E-state index is -0.899. The topological polar surface area (TPSA) is 230 Å². The number of phenols is 10. The van der Waals surface area contributed by atoms with Crippen LogP contribution in [0.1, 0.15) is 104 Å². The fourth-order valence-electron chi connectivity index (χ4n) is 10.8. The van der Waals surface area contributed by atoms with Gasteiger partial charge in [-0.1, -0.05) is 48.5 Å². The van der Waals surface area contributed by atoms with E-state index in [0.717, 1.165) is 0 Å². The van der Waals surface area contributed by atoms with Gasteiger partial charge in [-0.15, -0.1) is 0 Å². The van der Waals surface area contributed by atoms with Gasteiger partial charge in [0.05, 0.1) is 24.0 Å². The molecule has 3 aliphatic rings. The fourth-order valence-corrected chi connectivity index (χ4v) is 10.8. The van der Waals surface area contributed by atoms with Gasteiger partial charge in [0.1, 0.15) is 81.2 Å². The van der Waals surface area contributed by atoms with Gasteiger partial charge in [-0.25, -0.2) is 0 Å². The highest BCUT2D eigenvalue weighted by atomic mass is 16.5. The van der Waals surface area contributed by atoms with Crippen molar-refractivity contribution in [2.24, 2.45) is 0 Å². The monoisotopic (exact) mass is 924 g/mol. The molecule has 69 heavy (non-hydrogen) atoms. The second-order valence-corrected chi connectivity index (χ2v) is 17.9. The van der Waals surface area contributed by atoms with Crippen LogP contribution in [0.4, 0.5) is 0 Å². The molecule has 13 heteroatoms. The van der Waals surface area contributed by atoms with Crippen LogP contribution in [-0.4, -0.2) is 51.1 Å². The molecule has 0 amide bonds. The van der Waals surface area contributed by atoms with Crippen molar-refractivity contribution in [1.29, 1.82) is 0 Å². The van der Waals surface area contributed by atoms with Crippen molar-refractivity contribution in [1.82, 2.24) is 0 Å². The number of aromatic hydroxyl groups is 10. The molecule has 8 aromatic carbocycles. The average Bonchev–Trinajstić information content (AvgIpc) is 4.01. The van der Waals surface area contributed by atoms with Crippen molar-refractivity contribution >= 4 is 0 Å². The molecule has 8 atom stereocenters. The summed E-state index contributed by atoms with van der Waals surface area (Å²) in [6.07, 6.45) is -3.37. The summed E-state index contributed by atoms with van der Waals surface area (Å²) in [6.45, 7) is 0. The Balaban J connectivity index is 1.20. The fraction of sp³-hybridized carbons (Fsp3) is 0.143. The number of fused-ring (bicyclic) bond motifs is 2. The van der Waals surface area contributed by atoms with Crippen LogP contribution in [0.2, 0.25) is 0 Å². The molecule has 10 N–H and O–H groups in total. The van der Waals surface area contributed by atoms with Gasteiger partial charge in [0.15, 0.2) is 0 Å². The molecule has 13 nitrogen and oxygen atoms in total. The maximum absolute atomic E-state index is 11.8. The lowest BCUT2D eigenvalue weighted by Crippen LogP contribution is -2.19. The zero-order chi connectivity index (χ0) is 47.8. The summed E-state index contributed by atoms with van der Waals surface area (Å²) in [6, 6.07) is 40.9. The van der Waals surface area contributed by atoms with Crippen LogP contribution in [0, 0.1) is 0 Å². The number of ether oxygens (including phenoxy) is 3. The van der Waals surface area contributed by atoms with E-state index in [1.54, 1.807) is 84.9 Å². The highest BCUT2D eigenvalue weighted by Gasteiger charge is 2.52. The van der Waals surface area contributed by atoms with Crippen LogP contribution < -0.4 is 9.47 Å². The molecule has 1 fully saturated rings. The molecule has 3 heterocycles. The molecule has 0 spiro atoms. The Kier molecular flexibility index (Phi) is 10.3. The largest absolute Gasteiger partial charge is 0.508 e. The van der Waals surface area contributed by atoms with E-state index in [-0.39, 0.29) is 63.2 Å². The van der Waals surface area contributed by atoms with Gasteiger partial charge in [0, 0.05) is 47.2 Å². The van der Waals surface area contributed by atoms with E-state index in [4.69, 9.17) is 14.2 Å². The van der Waals surface area contributed by atoms with Crippen LogP contribution >= 0.6 is 0 Å². The van der Waals surface area contributed by atoms with Gasteiger partial charge in [-0.05, 0) is 129 Å². The Morgan fingerprint density at radius 3 is 1.03 bits per heavy atom. The molecule has 3 aliphatic heterocycles. The molecule has 0 aromatic heterocycles. The molecular weight excluding hydrogens is 881 g/mol. The number of benzene rings is 8. The van der Waals surface area contributed by atoms with Gasteiger partial charge in [0.25, 0.3) is 0 Å². The second kappa shape index (κ2) is 16.6. The molecule has 0 radical (unpaired) electrons. The smallest absolute Gasteiger partial charge is 0.135 e. The summed E-state index contributed by atoms with van der Waals surface area (Å²) < 4.78 is 20.9. The van der Waals surface area contributed by atoms with Crippen molar-refractivity contribution in [3.05, 3.63) is 213 Å². The molecule has 11 rings (SSSR count). The predicted octanol–water partition coefficient (Wildman–Crippen LogP) is 10.7. The van der Waals surface area contributed by atoms with E-state index in [9.17, 15) is 51.1 Å². The first kappa shape index (κ1) is 42.9. The lowest BCUT2D eigenvalue weighted by Gasteiger charge is -2.30. The summed E-state index contributed by atoms with van der Waals surface area (Å²) in [7, 11) is 0. The zero-order valence-electron chi connectivity index (χ0n) is 36.3. The number of hydrogen-bond donors (Lipinski definition) is 10. The van der Waals surface area contributed by atoms with Gasteiger partial charge < -0.3 is 65.3 Å². The third-order valence-corrected chi connectivity index (χ3v) is 13.6. The summed E-state index contributed by atoms with van der Waals surface area (Å²) in [5, 5.41) is 109. The minimum Gasteiger partial charge on any atom is -0.508 e. The highest BCUT2D eigenvalue weighted by molar-refractivity contribution is 5.65. The molecular formula is C56H44O13. The third kappa shape index (κ3) is 7.68. The van der Waals surface area contributed by atoms with E-state index >= 15 is 0 Å². The zero-order valence-corrected chi connectivity index (χ0v) is 36.3. The molecule has 0 saturated carbocycles. The van der Waals surface area contributed by atoms with Crippen molar-refractivity contribution in [3.63, 3.8) is 0 Å². The maximum Gasteiger partial charge on any atom is 0.135 e. The predicted molar refractivity (Wildman–Crippen MR) is 251 cm³/mol. The van der Waals surface area contributed by atoms with Crippen molar-refractivity contribution in [2.75, 3.05) is 0 Å². The van der Waals surface area contributed by atoms with Crippen LogP contribution in [0.25, 0.3) is 0 Å². The number of hydrogen-bond acceptors (Lipinski definition) is 13. The van der Waals surface area contributed by atoms with Crippen LogP contribution in [0.3, 0.4) is 0 Å². The first-order valence-corrected chi connectivity index (χ1v) is 22.2. The van der Waals surface area contributed by atoms with Crippen molar-refractivity contribution in [3.8, 4) is 69.0 Å². The maximum atomic E-state index is 11.8. The lowest BCUT2D eigenvalue weighted by molar-refractivity contribution is 0.0366. The molecule has 0 unspecified atom stereocenters. The molecule has 8 aromatic rings. The van der Waals surface area contributed by atoms with Crippen LogP contribution in [0.5, 0.6) is 69.0 Å². The Bertz CT molecular complexity index is 3200. The van der Waals surface area contributed by atoms with Gasteiger partial charge in [0.2, 0.25) is 0 Å². The first-order chi connectivity index (χ1) is 33.3. The van der Waals surface area contributed by atoms with Crippen LogP contribution in [0.15, 0.2) is 158 Å². The standard InChI is InChI=1S/C56H44O13/c57-33-9-1-27(2-10-33)53-47(31-17-37(61)21-38(62)18-31)49-43(23-41(65)25-45(49)67-53)52-50-44(24-42(66)26-46(50)68-55(52)29-5-13-35(59)14-6-29)51-48(32-19-39(63)22-40(64)20-32)54(28-3-11-34(58)12-4-28)69-56(51)30-7-15-36(60)16-8-30/h1-26,47-48,51-66H/t47-,48-,51-,52+,53-,54-,55-,56-/m0/s1. The number of phenolic OH excluding ortho intramolecular Hbond substituents is 10. The van der Waals surface area contributed by atoms with Gasteiger partial charge >= 0.3 is 0 Å². The first-order valence-electron chi connectivity index (χ1n) is 22.2. The Morgan fingerprint density at radius 2 is 0.594 bits per heavy atom. The van der Waals surface area contributed by atoms with Crippen molar-refractivity contribution in [2.45, 2.75) is 48.1 Å². The molecule has 346 valence electrons. The van der Waals surface area contributed by atoms with Gasteiger partial charge in [-0.3, -0.25) is 0 Å². The second-order valence-electron chi connectivity index (χ2n) is 17.9. The number of rotatable bonds is 8. The normalized spacial score (nSPS) is 22.4. The quantitative estimate of drug-likeness (QED) is 0.0685. The van der Waals surface area contributed by atoms with E-state index < -0.39 is 48.1 Å².